The van der Waals surface area contributed by atoms with Gasteiger partial charge < -0.3 is 14.8 Å². The van der Waals surface area contributed by atoms with Crippen LogP contribution in [-0.4, -0.2) is 31.6 Å². The first-order chi connectivity index (χ1) is 10.6. The highest BCUT2D eigenvalue weighted by Crippen LogP contribution is 2.17. The number of para-hydroxylation sites is 1. The summed E-state index contributed by atoms with van der Waals surface area (Å²) in [5.74, 6) is -1.29. The number of ether oxygens (including phenoxy) is 2. The standard InChI is InChI=1S/C16H21NO5/c1-3-4-11-22-16(20)12-7-5-6-8-13(12)17-14(18)9-10-15(19)21-2/h5-8H,3-4,9-11H2,1-2H3,(H,17,18). The third-order valence-electron chi connectivity index (χ3n) is 2.94. The maximum Gasteiger partial charge on any atom is 0.340 e. The van der Waals surface area contributed by atoms with E-state index in [1.165, 1.54) is 7.11 Å². The molecule has 0 heterocycles. The molecule has 0 bridgehead atoms. The molecule has 0 aliphatic carbocycles. The fraction of sp³-hybridized carbons (Fsp3) is 0.438. The molecule has 0 spiro atoms. The first kappa shape index (κ1) is 17.7. The zero-order chi connectivity index (χ0) is 16.4. The monoisotopic (exact) mass is 307 g/mol. The second kappa shape index (κ2) is 9.55. The highest BCUT2D eigenvalue weighted by atomic mass is 16.5. The number of carbonyl (C=O) groups is 3. The highest BCUT2D eigenvalue weighted by Gasteiger charge is 2.14. The summed E-state index contributed by atoms with van der Waals surface area (Å²) in [5.41, 5.74) is 0.670. The van der Waals surface area contributed by atoms with Gasteiger partial charge in [0.15, 0.2) is 0 Å². The SMILES string of the molecule is CCCCOC(=O)c1ccccc1NC(=O)CCC(=O)OC. The van der Waals surface area contributed by atoms with E-state index in [4.69, 9.17) is 4.74 Å². The van der Waals surface area contributed by atoms with Crippen molar-refractivity contribution in [3.05, 3.63) is 29.8 Å². The van der Waals surface area contributed by atoms with E-state index < -0.39 is 11.9 Å². The Morgan fingerprint density at radius 1 is 1.14 bits per heavy atom. The summed E-state index contributed by atoms with van der Waals surface area (Å²) in [5, 5.41) is 2.61. The van der Waals surface area contributed by atoms with Gasteiger partial charge >= 0.3 is 11.9 Å². The Labute approximate surface area is 129 Å². The summed E-state index contributed by atoms with van der Waals surface area (Å²) in [4.78, 5) is 34.8. The molecule has 0 saturated heterocycles. The molecule has 0 unspecified atom stereocenters. The van der Waals surface area contributed by atoms with E-state index in [0.29, 0.717) is 17.9 Å². The summed E-state index contributed by atoms with van der Waals surface area (Å²) in [6.45, 7) is 2.35. The predicted molar refractivity (Wildman–Crippen MR) is 81.5 cm³/mol. The Morgan fingerprint density at radius 3 is 2.55 bits per heavy atom. The van der Waals surface area contributed by atoms with Gasteiger partial charge in [-0.3, -0.25) is 9.59 Å². The van der Waals surface area contributed by atoms with Crippen LogP contribution in [0.1, 0.15) is 43.0 Å². The number of nitrogens with one attached hydrogen (secondary N) is 1. The maximum atomic E-state index is 12.0. The maximum absolute atomic E-state index is 12.0. The lowest BCUT2D eigenvalue weighted by molar-refractivity contribution is -0.141. The number of unbranched alkanes of at least 4 members (excludes halogenated alkanes) is 1. The van der Waals surface area contributed by atoms with Crippen LogP contribution in [0.25, 0.3) is 0 Å². The lowest BCUT2D eigenvalue weighted by atomic mass is 10.1. The second-order valence-electron chi connectivity index (χ2n) is 4.66. The van der Waals surface area contributed by atoms with Crippen LogP contribution < -0.4 is 5.32 Å². The van der Waals surface area contributed by atoms with Crippen molar-refractivity contribution in [2.75, 3.05) is 19.0 Å². The van der Waals surface area contributed by atoms with Gasteiger partial charge in [-0.25, -0.2) is 4.79 Å². The van der Waals surface area contributed by atoms with Crippen LogP contribution in [0.5, 0.6) is 0 Å². The molecule has 0 radical (unpaired) electrons. The van der Waals surface area contributed by atoms with Crippen molar-refractivity contribution in [3.8, 4) is 0 Å². The molecule has 0 aliphatic heterocycles. The molecule has 6 heteroatoms. The molecule has 1 rings (SSSR count). The van der Waals surface area contributed by atoms with E-state index in [9.17, 15) is 14.4 Å². The zero-order valence-corrected chi connectivity index (χ0v) is 12.9. The van der Waals surface area contributed by atoms with Gasteiger partial charge in [0.1, 0.15) is 0 Å². The van der Waals surface area contributed by atoms with Gasteiger partial charge in [0.05, 0.1) is 31.4 Å². The van der Waals surface area contributed by atoms with Crippen LogP contribution in [0.15, 0.2) is 24.3 Å². The van der Waals surface area contributed by atoms with Gasteiger partial charge in [-0.05, 0) is 18.6 Å². The quantitative estimate of drug-likeness (QED) is 0.589. The molecular weight excluding hydrogens is 286 g/mol. The van der Waals surface area contributed by atoms with Crippen molar-refractivity contribution >= 4 is 23.5 Å². The molecule has 1 amide bonds. The molecule has 6 nitrogen and oxygen atoms in total. The van der Waals surface area contributed by atoms with Crippen LogP contribution in [0.4, 0.5) is 5.69 Å². The Bertz CT molecular complexity index is 527. The number of hydrogen-bond donors (Lipinski definition) is 1. The lowest BCUT2D eigenvalue weighted by Crippen LogP contribution is -2.17. The lowest BCUT2D eigenvalue weighted by Gasteiger charge is -2.10. The Morgan fingerprint density at radius 2 is 1.86 bits per heavy atom. The average molecular weight is 307 g/mol. The molecule has 22 heavy (non-hydrogen) atoms. The minimum absolute atomic E-state index is 0.00805. The average Bonchev–Trinajstić information content (AvgIpc) is 2.53. The van der Waals surface area contributed by atoms with Crippen molar-refractivity contribution in [3.63, 3.8) is 0 Å². The van der Waals surface area contributed by atoms with Gasteiger partial charge in [0.2, 0.25) is 5.91 Å². The predicted octanol–water partition coefficient (Wildman–Crippen LogP) is 2.54. The van der Waals surface area contributed by atoms with Crippen LogP contribution in [0.2, 0.25) is 0 Å². The highest BCUT2D eigenvalue weighted by molar-refractivity contribution is 6.01. The van der Waals surface area contributed by atoms with Gasteiger partial charge in [-0.2, -0.15) is 0 Å². The van der Waals surface area contributed by atoms with E-state index in [1.54, 1.807) is 24.3 Å². The van der Waals surface area contributed by atoms with E-state index in [0.717, 1.165) is 12.8 Å². The normalized spacial score (nSPS) is 9.91. The molecule has 120 valence electrons. The first-order valence-electron chi connectivity index (χ1n) is 7.21. The molecule has 1 aromatic carbocycles. The minimum Gasteiger partial charge on any atom is -0.469 e. The van der Waals surface area contributed by atoms with Crippen molar-refractivity contribution in [2.24, 2.45) is 0 Å². The molecule has 1 N–H and O–H groups in total. The molecule has 0 fully saturated rings. The first-order valence-corrected chi connectivity index (χ1v) is 7.21. The van der Waals surface area contributed by atoms with Crippen molar-refractivity contribution < 1.29 is 23.9 Å². The van der Waals surface area contributed by atoms with Gasteiger partial charge in [0.25, 0.3) is 0 Å². The fourth-order valence-electron chi connectivity index (χ4n) is 1.69. The van der Waals surface area contributed by atoms with Crippen LogP contribution in [0, 0.1) is 0 Å². The van der Waals surface area contributed by atoms with E-state index in [1.807, 2.05) is 6.92 Å². The van der Waals surface area contributed by atoms with Crippen LogP contribution in [-0.2, 0) is 19.1 Å². The molecule has 0 saturated carbocycles. The van der Waals surface area contributed by atoms with Crippen molar-refractivity contribution in [1.29, 1.82) is 0 Å². The Kier molecular flexibility index (Phi) is 7.67. The summed E-state index contributed by atoms with van der Waals surface area (Å²) in [7, 11) is 1.27. The number of rotatable bonds is 8. The Hall–Kier alpha value is -2.37. The molecule has 0 atom stereocenters. The summed E-state index contributed by atoms with van der Waals surface area (Å²) in [6.07, 6.45) is 1.70. The van der Waals surface area contributed by atoms with Gasteiger partial charge in [-0.15, -0.1) is 0 Å². The van der Waals surface area contributed by atoms with Crippen molar-refractivity contribution in [2.45, 2.75) is 32.6 Å². The number of carbonyl (C=O) groups excluding carboxylic acids is 3. The van der Waals surface area contributed by atoms with Gasteiger partial charge in [0, 0.05) is 6.42 Å². The third kappa shape index (κ3) is 5.95. The topological polar surface area (TPSA) is 81.7 Å². The number of anilines is 1. The molecule has 1 aromatic rings. The van der Waals surface area contributed by atoms with Crippen LogP contribution in [0.3, 0.4) is 0 Å². The smallest absolute Gasteiger partial charge is 0.340 e. The summed E-state index contributed by atoms with van der Waals surface area (Å²) < 4.78 is 9.62. The number of amides is 1. The molecular formula is C16H21NO5. The summed E-state index contributed by atoms with van der Waals surface area (Å²) >= 11 is 0. The fourth-order valence-corrected chi connectivity index (χ4v) is 1.69. The van der Waals surface area contributed by atoms with E-state index >= 15 is 0 Å². The zero-order valence-electron chi connectivity index (χ0n) is 12.9. The summed E-state index contributed by atoms with van der Waals surface area (Å²) in [6, 6.07) is 6.61. The van der Waals surface area contributed by atoms with Crippen LogP contribution >= 0.6 is 0 Å². The van der Waals surface area contributed by atoms with E-state index in [-0.39, 0.29) is 18.7 Å². The minimum atomic E-state index is -0.475. The number of methoxy groups -OCH3 is 1. The molecule has 0 aromatic heterocycles. The number of hydrogen-bond acceptors (Lipinski definition) is 5. The Balaban J connectivity index is 2.65. The third-order valence-corrected chi connectivity index (χ3v) is 2.94. The number of benzene rings is 1. The second-order valence-corrected chi connectivity index (χ2v) is 4.66. The van der Waals surface area contributed by atoms with Crippen molar-refractivity contribution in [1.82, 2.24) is 0 Å². The van der Waals surface area contributed by atoms with Gasteiger partial charge in [-0.1, -0.05) is 25.5 Å². The molecule has 0 aliphatic rings. The van der Waals surface area contributed by atoms with E-state index in [2.05, 4.69) is 10.1 Å². The number of esters is 2. The largest absolute Gasteiger partial charge is 0.469 e.